The van der Waals surface area contributed by atoms with Crippen LogP contribution in [0.25, 0.3) is 10.6 Å². The molecule has 2 aromatic rings. The van der Waals surface area contributed by atoms with Crippen molar-refractivity contribution in [1.82, 2.24) is 10.3 Å². The van der Waals surface area contributed by atoms with Crippen molar-refractivity contribution in [1.29, 1.82) is 0 Å². The van der Waals surface area contributed by atoms with Crippen molar-refractivity contribution in [2.24, 2.45) is 5.92 Å². The van der Waals surface area contributed by atoms with E-state index in [-0.39, 0.29) is 0 Å². The lowest BCUT2D eigenvalue weighted by molar-refractivity contribution is 0.578. The smallest absolute Gasteiger partial charge is 0.0943 e. The zero-order valence-corrected chi connectivity index (χ0v) is 11.5. The van der Waals surface area contributed by atoms with Crippen LogP contribution in [-0.4, -0.2) is 18.1 Å². The second-order valence-corrected chi connectivity index (χ2v) is 6.79. The Morgan fingerprint density at radius 3 is 3.18 bits per heavy atom. The molecule has 1 aliphatic rings. The van der Waals surface area contributed by atoms with Crippen LogP contribution in [0.5, 0.6) is 0 Å². The number of aryl methyl sites for hydroxylation is 1. The third-order valence-electron chi connectivity index (χ3n) is 3.22. The first-order valence-electron chi connectivity index (χ1n) is 6.04. The average Bonchev–Trinajstić information content (AvgIpc) is 3.00. The summed E-state index contributed by atoms with van der Waals surface area (Å²) in [6.45, 7) is 4.52. The molecule has 90 valence electrons. The van der Waals surface area contributed by atoms with Gasteiger partial charge in [-0.1, -0.05) is 6.07 Å². The Kier molecular flexibility index (Phi) is 3.27. The van der Waals surface area contributed by atoms with Gasteiger partial charge >= 0.3 is 0 Å². The predicted octanol–water partition coefficient (Wildman–Crippen LogP) is 3.33. The average molecular weight is 264 g/mol. The van der Waals surface area contributed by atoms with E-state index in [9.17, 15) is 0 Å². The van der Waals surface area contributed by atoms with Gasteiger partial charge in [-0.25, -0.2) is 4.98 Å². The third-order valence-corrected chi connectivity index (χ3v) is 5.09. The molecule has 0 spiro atoms. The van der Waals surface area contributed by atoms with Crippen molar-refractivity contribution in [3.8, 4) is 10.6 Å². The number of nitrogens with one attached hydrogen (secondary N) is 1. The first kappa shape index (κ1) is 11.4. The minimum atomic E-state index is 0.789. The van der Waals surface area contributed by atoms with Crippen molar-refractivity contribution in [3.05, 3.63) is 27.4 Å². The first-order chi connectivity index (χ1) is 8.33. The molecular weight excluding hydrogens is 248 g/mol. The molecule has 4 heteroatoms. The highest BCUT2D eigenvalue weighted by Gasteiger charge is 2.18. The van der Waals surface area contributed by atoms with Crippen LogP contribution in [0.1, 0.15) is 16.3 Å². The van der Waals surface area contributed by atoms with E-state index in [0.717, 1.165) is 18.9 Å². The highest BCUT2D eigenvalue weighted by Crippen LogP contribution is 2.32. The summed E-state index contributed by atoms with van der Waals surface area (Å²) in [6, 6.07) is 4.26. The Hall–Kier alpha value is -0.710. The highest BCUT2D eigenvalue weighted by molar-refractivity contribution is 7.15. The normalized spacial score (nSPS) is 19.9. The molecule has 0 aromatic carbocycles. The van der Waals surface area contributed by atoms with Gasteiger partial charge in [0.25, 0.3) is 0 Å². The molecule has 0 bridgehead atoms. The third kappa shape index (κ3) is 2.44. The molecular formula is C13H16N2S2. The van der Waals surface area contributed by atoms with Crippen LogP contribution >= 0.6 is 22.7 Å². The summed E-state index contributed by atoms with van der Waals surface area (Å²) in [6.07, 6.45) is 2.44. The molecule has 0 saturated carbocycles. The van der Waals surface area contributed by atoms with Gasteiger partial charge in [0.2, 0.25) is 0 Å². The zero-order valence-electron chi connectivity index (χ0n) is 9.90. The van der Waals surface area contributed by atoms with Crippen LogP contribution in [0.4, 0.5) is 0 Å². The van der Waals surface area contributed by atoms with Gasteiger partial charge in [0.1, 0.15) is 0 Å². The van der Waals surface area contributed by atoms with Crippen molar-refractivity contribution in [2.45, 2.75) is 19.8 Å². The van der Waals surface area contributed by atoms with Crippen molar-refractivity contribution in [2.75, 3.05) is 13.1 Å². The van der Waals surface area contributed by atoms with Crippen LogP contribution in [0.2, 0.25) is 0 Å². The fourth-order valence-corrected chi connectivity index (χ4v) is 4.21. The Morgan fingerprint density at radius 2 is 2.47 bits per heavy atom. The molecule has 2 aromatic heterocycles. The molecule has 3 rings (SSSR count). The molecule has 3 heterocycles. The Morgan fingerprint density at radius 1 is 1.53 bits per heavy atom. The number of thiophene rings is 1. The summed E-state index contributed by atoms with van der Waals surface area (Å²) in [4.78, 5) is 7.47. The summed E-state index contributed by atoms with van der Waals surface area (Å²) in [7, 11) is 0. The number of aromatic nitrogens is 1. The van der Waals surface area contributed by atoms with E-state index in [1.165, 1.54) is 33.4 Å². The van der Waals surface area contributed by atoms with Crippen molar-refractivity contribution in [3.63, 3.8) is 0 Å². The Labute approximate surface area is 110 Å². The van der Waals surface area contributed by atoms with Crippen LogP contribution in [0.3, 0.4) is 0 Å². The number of thiazole rings is 1. The van der Waals surface area contributed by atoms with Crippen LogP contribution in [0, 0.1) is 12.8 Å². The van der Waals surface area contributed by atoms with E-state index in [4.69, 9.17) is 4.98 Å². The fraction of sp³-hybridized carbons (Fsp3) is 0.462. The van der Waals surface area contributed by atoms with E-state index in [1.807, 2.05) is 11.3 Å². The van der Waals surface area contributed by atoms with Gasteiger partial charge in [-0.05, 0) is 43.8 Å². The second-order valence-electron chi connectivity index (χ2n) is 4.55. The van der Waals surface area contributed by atoms with E-state index in [1.54, 1.807) is 11.3 Å². The summed E-state index contributed by atoms with van der Waals surface area (Å²) < 4.78 is 0. The largest absolute Gasteiger partial charge is 0.316 e. The van der Waals surface area contributed by atoms with E-state index in [2.05, 4.69) is 29.8 Å². The summed E-state index contributed by atoms with van der Waals surface area (Å²) in [5.74, 6) is 0.789. The quantitative estimate of drug-likeness (QED) is 0.920. The lowest BCUT2D eigenvalue weighted by Crippen LogP contribution is -2.10. The predicted molar refractivity (Wildman–Crippen MR) is 74.8 cm³/mol. The molecule has 1 fully saturated rings. The van der Waals surface area contributed by atoms with Gasteiger partial charge < -0.3 is 5.32 Å². The Bertz CT molecular complexity index is 481. The summed E-state index contributed by atoms with van der Waals surface area (Å²) >= 11 is 3.65. The van der Waals surface area contributed by atoms with Gasteiger partial charge in [-0.3, -0.25) is 0 Å². The molecule has 1 saturated heterocycles. The van der Waals surface area contributed by atoms with Crippen LogP contribution in [-0.2, 0) is 6.42 Å². The van der Waals surface area contributed by atoms with E-state index >= 15 is 0 Å². The van der Waals surface area contributed by atoms with Gasteiger partial charge in [-0.2, -0.15) is 0 Å². The van der Waals surface area contributed by atoms with Crippen LogP contribution in [0.15, 0.2) is 17.5 Å². The standard InChI is InChI=1S/C13H16N2S2/c1-9-13(11-3-2-6-16-11)15-12(17-9)7-10-4-5-14-8-10/h2-3,6,10,14H,4-5,7-8H2,1H3. The number of hydrogen-bond donors (Lipinski definition) is 1. The van der Waals surface area contributed by atoms with Gasteiger partial charge in [0.15, 0.2) is 0 Å². The minimum absolute atomic E-state index is 0.789. The molecule has 0 aliphatic carbocycles. The summed E-state index contributed by atoms with van der Waals surface area (Å²) in [5, 5.41) is 6.85. The molecule has 1 atom stereocenters. The topological polar surface area (TPSA) is 24.9 Å². The number of hydrogen-bond acceptors (Lipinski definition) is 4. The second kappa shape index (κ2) is 4.88. The number of nitrogens with zero attached hydrogens (tertiary/aromatic N) is 1. The van der Waals surface area contributed by atoms with Gasteiger partial charge in [0.05, 0.1) is 15.6 Å². The Balaban J connectivity index is 1.80. The van der Waals surface area contributed by atoms with Crippen molar-refractivity contribution < 1.29 is 0 Å². The molecule has 2 nitrogen and oxygen atoms in total. The summed E-state index contributed by atoms with van der Waals surface area (Å²) in [5.41, 5.74) is 1.20. The maximum atomic E-state index is 4.82. The van der Waals surface area contributed by atoms with Crippen molar-refractivity contribution >= 4 is 22.7 Å². The molecule has 0 radical (unpaired) electrons. The zero-order chi connectivity index (χ0) is 11.7. The fourth-order valence-electron chi connectivity index (χ4n) is 2.32. The monoisotopic (exact) mass is 264 g/mol. The minimum Gasteiger partial charge on any atom is -0.316 e. The molecule has 17 heavy (non-hydrogen) atoms. The highest BCUT2D eigenvalue weighted by atomic mass is 32.1. The lowest BCUT2D eigenvalue weighted by atomic mass is 10.1. The maximum absolute atomic E-state index is 4.82. The maximum Gasteiger partial charge on any atom is 0.0943 e. The van der Waals surface area contributed by atoms with Gasteiger partial charge in [-0.15, -0.1) is 22.7 Å². The SMILES string of the molecule is Cc1sc(CC2CCNC2)nc1-c1cccs1. The van der Waals surface area contributed by atoms with E-state index < -0.39 is 0 Å². The molecule has 1 N–H and O–H groups in total. The first-order valence-corrected chi connectivity index (χ1v) is 7.73. The molecule has 1 aliphatic heterocycles. The lowest BCUT2D eigenvalue weighted by Gasteiger charge is -2.03. The number of rotatable bonds is 3. The van der Waals surface area contributed by atoms with Crippen LogP contribution < -0.4 is 5.32 Å². The van der Waals surface area contributed by atoms with E-state index in [0.29, 0.717) is 0 Å². The molecule has 0 amide bonds. The van der Waals surface area contributed by atoms with Gasteiger partial charge in [0, 0.05) is 11.3 Å². The molecule has 1 unspecified atom stereocenters.